The van der Waals surface area contributed by atoms with E-state index in [1.54, 1.807) is 0 Å². The minimum Gasteiger partial charge on any atom is -0.350 e. The van der Waals surface area contributed by atoms with Gasteiger partial charge in [-0.15, -0.1) is 0 Å². The van der Waals surface area contributed by atoms with Crippen LogP contribution in [0.2, 0.25) is 0 Å². The molecular formula is C23H21F4IN6O3S. The van der Waals surface area contributed by atoms with Crippen molar-refractivity contribution in [1.82, 2.24) is 20.6 Å². The molecule has 1 aliphatic carbocycles. The van der Waals surface area contributed by atoms with Crippen LogP contribution in [0.15, 0.2) is 36.5 Å². The predicted octanol–water partition coefficient (Wildman–Crippen LogP) is 3.85. The summed E-state index contributed by atoms with van der Waals surface area (Å²) >= 11 is 1.88. The number of nitrogens with one attached hydrogen (secondary N) is 5. The molecule has 0 unspecified atom stereocenters. The molecule has 0 bridgehead atoms. The first kappa shape index (κ1) is 28.0. The summed E-state index contributed by atoms with van der Waals surface area (Å²) in [6.07, 6.45) is 2.18. The Morgan fingerprint density at radius 1 is 1.05 bits per heavy atom. The summed E-state index contributed by atoms with van der Waals surface area (Å²) in [5.41, 5.74) is 3.38. The Kier molecular flexibility index (Phi) is 8.39. The lowest BCUT2D eigenvalue weighted by atomic mass is 9.99. The zero-order valence-corrected chi connectivity index (χ0v) is 22.6. The minimum atomic E-state index is -4.10. The van der Waals surface area contributed by atoms with Crippen LogP contribution in [-0.4, -0.2) is 32.4 Å². The molecule has 202 valence electrons. The van der Waals surface area contributed by atoms with Crippen molar-refractivity contribution in [2.45, 2.75) is 25.3 Å². The third kappa shape index (κ3) is 6.51. The van der Waals surface area contributed by atoms with Crippen LogP contribution in [0, 0.1) is 26.8 Å². The van der Waals surface area contributed by atoms with Crippen molar-refractivity contribution < 1.29 is 30.8 Å². The Morgan fingerprint density at radius 2 is 1.79 bits per heavy atom. The van der Waals surface area contributed by atoms with Gasteiger partial charge in [-0.2, -0.15) is 8.42 Å². The zero-order valence-electron chi connectivity index (χ0n) is 19.6. The molecule has 1 heterocycles. The highest BCUT2D eigenvalue weighted by molar-refractivity contribution is 14.1. The number of anilines is 3. The number of rotatable bonds is 10. The van der Waals surface area contributed by atoms with Crippen molar-refractivity contribution in [2.24, 2.45) is 0 Å². The maximum Gasteiger partial charge on any atom is 0.300 e. The number of benzene rings is 2. The summed E-state index contributed by atoms with van der Waals surface area (Å²) < 4.78 is 87.9. The molecule has 0 radical (unpaired) electrons. The molecule has 5 N–H and O–H groups in total. The van der Waals surface area contributed by atoms with Crippen molar-refractivity contribution in [3.8, 4) is 0 Å². The first-order valence-corrected chi connectivity index (χ1v) is 13.7. The number of aromatic nitrogens is 1. The van der Waals surface area contributed by atoms with Gasteiger partial charge < -0.3 is 5.32 Å². The summed E-state index contributed by atoms with van der Waals surface area (Å²) in [5.74, 6) is -6.24. The Bertz CT molecular complexity index is 1500. The molecule has 1 fully saturated rings. The lowest BCUT2D eigenvalue weighted by Crippen LogP contribution is -2.39. The monoisotopic (exact) mass is 664 g/mol. The van der Waals surface area contributed by atoms with E-state index in [2.05, 4.69) is 21.2 Å². The van der Waals surface area contributed by atoms with E-state index in [1.165, 1.54) is 18.2 Å². The SMILES string of the molecule is CNS(=O)(=O)Nc1nccc(Cc2cc(C(=O)NNC3CC3)c(Nc3ccc(I)cc3F)c(F)c2F)c1F. The van der Waals surface area contributed by atoms with Crippen LogP contribution in [0.1, 0.15) is 34.3 Å². The molecule has 1 aromatic heterocycles. The lowest BCUT2D eigenvalue weighted by Gasteiger charge is -2.17. The molecule has 0 saturated heterocycles. The Hall–Kier alpha value is -3.02. The topological polar surface area (TPSA) is 124 Å². The summed E-state index contributed by atoms with van der Waals surface area (Å²) in [7, 11) is -3.00. The number of hydrogen-bond donors (Lipinski definition) is 5. The average Bonchev–Trinajstić information content (AvgIpc) is 3.70. The van der Waals surface area contributed by atoms with Crippen LogP contribution >= 0.6 is 22.6 Å². The van der Waals surface area contributed by atoms with Gasteiger partial charge in [0.25, 0.3) is 16.1 Å². The van der Waals surface area contributed by atoms with Gasteiger partial charge in [0, 0.05) is 29.3 Å². The second-order valence-electron chi connectivity index (χ2n) is 8.33. The van der Waals surface area contributed by atoms with Gasteiger partial charge in [0.1, 0.15) is 5.82 Å². The van der Waals surface area contributed by atoms with Crippen LogP contribution in [0.25, 0.3) is 0 Å². The molecule has 1 aliphatic rings. The van der Waals surface area contributed by atoms with Crippen LogP contribution < -0.4 is 25.6 Å². The minimum absolute atomic E-state index is 0.0412. The lowest BCUT2D eigenvalue weighted by molar-refractivity contribution is 0.0932. The number of halogens is 5. The number of pyridine rings is 1. The van der Waals surface area contributed by atoms with Crippen LogP contribution in [-0.2, 0) is 16.6 Å². The van der Waals surface area contributed by atoms with Crippen molar-refractivity contribution in [3.05, 3.63) is 80.1 Å². The average molecular weight is 664 g/mol. The number of hydrazine groups is 1. The maximum atomic E-state index is 15.4. The van der Waals surface area contributed by atoms with E-state index in [0.29, 0.717) is 3.57 Å². The van der Waals surface area contributed by atoms with E-state index < -0.39 is 62.9 Å². The normalized spacial score (nSPS) is 13.3. The van der Waals surface area contributed by atoms with Gasteiger partial charge in [-0.1, -0.05) is 0 Å². The summed E-state index contributed by atoms with van der Waals surface area (Å²) in [4.78, 5) is 16.6. The van der Waals surface area contributed by atoms with Gasteiger partial charge in [0.15, 0.2) is 23.3 Å². The van der Waals surface area contributed by atoms with Gasteiger partial charge in [0.2, 0.25) is 0 Å². The third-order valence-corrected chi connectivity index (χ3v) is 7.21. The van der Waals surface area contributed by atoms with E-state index in [4.69, 9.17) is 0 Å². The van der Waals surface area contributed by atoms with Crippen LogP contribution in [0.5, 0.6) is 0 Å². The number of carbonyl (C=O) groups is 1. The van der Waals surface area contributed by atoms with E-state index in [9.17, 15) is 22.0 Å². The van der Waals surface area contributed by atoms with Gasteiger partial charge in [-0.05, 0) is 76.9 Å². The fourth-order valence-electron chi connectivity index (χ4n) is 3.37. The van der Waals surface area contributed by atoms with Gasteiger partial charge in [0.05, 0.1) is 16.9 Å². The predicted molar refractivity (Wildman–Crippen MR) is 141 cm³/mol. The molecule has 2 aromatic carbocycles. The molecule has 9 nitrogen and oxygen atoms in total. The molecule has 15 heteroatoms. The van der Waals surface area contributed by atoms with Crippen LogP contribution in [0.4, 0.5) is 34.8 Å². The fraction of sp³-hybridized carbons (Fsp3) is 0.217. The van der Waals surface area contributed by atoms with E-state index >= 15 is 8.78 Å². The Morgan fingerprint density at radius 3 is 2.45 bits per heavy atom. The Balaban J connectivity index is 1.74. The molecule has 1 saturated carbocycles. The molecule has 1 amide bonds. The van der Waals surface area contributed by atoms with Crippen molar-refractivity contribution in [3.63, 3.8) is 0 Å². The molecule has 38 heavy (non-hydrogen) atoms. The van der Waals surface area contributed by atoms with E-state index in [-0.39, 0.29) is 22.9 Å². The van der Waals surface area contributed by atoms with Gasteiger partial charge in [-0.3, -0.25) is 14.9 Å². The second-order valence-corrected chi connectivity index (χ2v) is 11.2. The molecule has 0 aliphatic heterocycles. The third-order valence-electron chi connectivity index (χ3n) is 5.53. The van der Waals surface area contributed by atoms with Crippen LogP contribution in [0.3, 0.4) is 0 Å². The standard InChI is InChI=1S/C23H21F4IN6O3S/c1-29-38(36,37)34-22-19(26)11(6-7-30-22)8-12-9-15(23(35)33-32-14-3-4-14)21(20(27)18(12)25)31-17-5-2-13(28)10-16(17)24/h2,5-7,9-10,14,29,31-32H,3-4,8H2,1H3,(H,30,34)(H,33,35). The Labute approximate surface area is 229 Å². The summed E-state index contributed by atoms with van der Waals surface area (Å²) in [6, 6.07) is 6.24. The smallest absolute Gasteiger partial charge is 0.300 e. The quantitative estimate of drug-likeness (QED) is 0.128. The number of nitrogens with zero attached hydrogens (tertiary/aromatic N) is 1. The number of hydrogen-bond acceptors (Lipinski definition) is 6. The zero-order chi connectivity index (χ0) is 27.6. The summed E-state index contributed by atoms with van der Waals surface area (Å²) in [6.45, 7) is 0. The largest absolute Gasteiger partial charge is 0.350 e. The van der Waals surface area contributed by atoms with E-state index in [1.807, 2.05) is 32.0 Å². The van der Waals surface area contributed by atoms with Crippen molar-refractivity contribution >= 4 is 55.9 Å². The molecule has 4 rings (SSSR count). The van der Waals surface area contributed by atoms with Gasteiger partial charge in [-0.25, -0.2) is 32.7 Å². The molecule has 0 spiro atoms. The molecular weight excluding hydrogens is 643 g/mol. The highest BCUT2D eigenvalue weighted by Gasteiger charge is 2.27. The van der Waals surface area contributed by atoms with Gasteiger partial charge >= 0.3 is 0 Å². The fourth-order valence-corrected chi connectivity index (χ4v) is 4.32. The van der Waals surface area contributed by atoms with E-state index in [0.717, 1.165) is 38.2 Å². The summed E-state index contributed by atoms with van der Waals surface area (Å²) in [5, 5.41) is 2.46. The first-order valence-electron chi connectivity index (χ1n) is 11.1. The molecule has 3 aromatic rings. The maximum absolute atomic E-state index is 15.4. The first-order chi connectivity index (χ1) is 18.0. The second kappa shape index (κ2) is 11.4. The molecule has 0 atom stereocenters. The number of carbonyl (C=O) groups excluding carboxylic acids is 1. The van der Waals surface area contributed by atoms with Crippen molar-refractivity contribution in [2.75, 3.05) is 17.1 Å². The van der Waals surface area contributed by atoms with Crippen molar-refractivity contribution in [1.29, 1.82) is 0 Å². The highest BCUT2D eigenvalue weighted by atomic mass is 127. The number of amides is 1. The highest BCUT2D eigenvalue weighted by Crippen LogP contribution is 2.32.